The molecule has 144 valence electrons. The van der Waals surface area contributed by atoms with E-state index in [9.17, 15) is 19.2 Å². The standard InChI is InChI=1S/C16H25N5O5/c1-16(2,3)26-15(25)21-13(23)7-5-11(14(17)24)20-12(22)6-4-10-8-18-9-19-10/h8-9,11H,4-7H2,1-3H3,(H2,17,24)(H,18,19)(H,20,22)(H,21,23,25)/t11-/m0/s1. The van der Waals surface area contributed by atoms with Gasteiger partial charge < -0.3 is 20.8 Å². The van der Waals surface area contributed by atoms with E-state index in [1.165, 1.54) is 6.33 Å². The van der Waals surface area contributed by atoms with E-state index in [2.05, 4.69) is 20.6 Å². The van der Waals surface area contributed by atoms with Crippen LogP contribution in [-0.2, 0) is 25.5 Å². The van der Waals surface area contributed by atoms with Gasteiger partial charge in [0.15, 0.2) is 0 Å². The summed E-state index contributed by atoms with van der Waals surface area (Å²) in [6.45, 7) is 5.00. The summed E-state index contributed by atoms with van der Waals surface area (Å²) in [5, 5.41) is 4.53. The van der Waals surface area contributed by atoms with E-state index in [1.54, 1.807) is 27.0 Å². The first-order chi connectivity index (χ1) is 12.1. The second kappa shape index (κ2) is 9.54. The van der Waals surface area contributed by atoms with Gasteiger partial charge in [0.05, 0.1) is 6.33 Å². The molecule has 1 heterocycles. The Labute approximate surface area is 151 Å². The van der Waals surface area contributed by atoms with Gasteiger partial charge in [-0.2, -0.15) is 0 Å². The monoisotopic (exact) mass is 367 g/mol. The van der Waals surface area contributed by atoms with E-state index < -0.39 is 29.6 Å². The Morgan fingerprint density at radius 3 is 2.46 bits per heavy atom. The van der Waals surface area contributed by atoms with E-state index in [1.807, 2.05) is 0 Å². The maximum absolute atomic E-state index is 11.9. The summed E-state index contributed by atoms with van der Waals surface area (Å²) in [5.74, 6) is -1.77. The van der Waals surface area contributed by atoms with E-state index in [-0.39, 0.29) is 25.2 Å². The van der Waals surface area contributed by atoms with Gasteiger partial charge in [0.2, 0.25) is 17.7 Å². The highest BCUT2D eigenvalue weighted by molar-refractivity contribution is 5.92. The lowest BCUT2D eigenvalue weighted by Crippen LogP contribution is -2.45. The minimum absolute atomic E-state index is 0.0280. The number of carbonyl (C=O) groups excluding carboxylic acids is 4. The van der Waals surface area contributed by atoms with E-state index >= 15 is 0 Å². The van der Waals surface area contributed by atoms with Crippen LogP contribution < -0.4 is 16.4 Å². The molecule has 4 amide bonds. The van der Waals surface area contributed by atoms with Crippen molar-refractivity contribution in [3.8, 4) is 0 Å². The number of nitrogens with one attached hydrogen (secondary N) is 3. The van der Waals surface area contributed by atoms with Crippen LogP contribution in [0.3, 0.4) is 0 Å². The number of primary amides is 1. The molecule has 1 aromatic rings. The van der Waals surface area contributed by atoms with Crippen LogP contribution in [0.2, 0.25) is 0 Å². The van der Waals surface area contributed by atoms with Gasteiger partial charge in [-0.15, -0.1) is 0 Å². The minimum Gasteiger partial charge on any atom is -0.444 e. The Morgan fingerprint density at radius 1 is 1.23 bits per heavy atom. The molecule has 0 saturated heterocycles. The maximum Gasteiger partial charge on any atom is 0.414 e. The number of imidazole rings is 1. The Hall–Kier alpha value is -2.91. The minimum atomic E-state index is -1.01. The Balaban J connectivity index is 2.40. The molecule has 0 spiro atoms. The molecule has 0 saturated carbocycles. The third-order valence-corrected chi connectivity index (χ3v) is 3.16. The van der Waals surface area contributed by atoms with Gasteiger partial charge in [-0.3, -0.25) is 19.7 Å². The van der Waals surface area contributed by atoms with Crippen LogP contribution in [0.1, 0.15) is 45.7 Å². The summed E-state index contributed by atoms with van der Waals surface area (Å²) < 4.78 is 4.95. The summed E-state index contributed by atoms with van der Waals surface area (Å²) in [4.78, 5) is 53.3. The van der Waals surface area contributed by atoms with Gasteiger partial charge in [-0.25, -0.2) is 9.78 Å². The molecule has 0 aliphatic carbocycles. The number of aryl methyl sites for hydroxylation is 1. The highest BCUT2D eigenvalue weighted by atomic mass is 16.6. The molecule has 0 radical (unpaired) electrons. The average Bonchev–Trinajstić information content (AvgIpc) is 3.00. The Morgan fingerprint density at radius 2 is 1.92 bits per heavy atom. The quantitative estimate of drug-likeness (QED) is 0.512. The van der Waals surface area contributed by atoms with E-state index in [4.69, 9.17) is 10.5 Å². The summed E-state index contributed by atoms with van der Waals surface area (Å²) in [6.07, 6.45) is 2.59. The molecule has 1 rings (SSSR count). The average molecular weight is 367 g/mol. The number of aromatic amines is 1. The molecular formula is C16H25N5O5. The van der Waals surface area contributed by atoms with Gasteiger partial charge in [0.1, 0.15) is 11.6 Å². The number of carbonyl (C=O) groups is 4. The fraction of sp³-hybridized carbons (Fsp3) is 0.562. The predicted octanol–water partition coefficient (Wildman–Crippen LogP) is 0.144. The molecule has 26 heavy (non-hydrogen) atoms. The lowest BCUT2D eigenvalue weighted by atomic mass is 10.1. The summed E-state index contributed by atoms with van der Waals surface area (Å²) in [5.41, 5.74) is 5.30. The SMILES string of the molecule is CC(C)(C)OC(=O)NC(=O)CC[C@H](NC(=O)CCc1cnc[nH]1)C(N)=O. The maximum atomic E-state index is 11.9. The van der Waals surface area contributed by atoms with Crippen molar-refractivity contribution >= 4 is 23.8 Å². The zero-order valence-electron chi connectivity index (χ0n) is 15.1. The van der Waals surface area contributed by atoms with E-state index in [0.717, 1.165) is 5.69 Å². The number of imide groups is 1. The molecule has 10 nitrogen and oxygen atoms in total. The van der Waals surface area contributed by atoms with Crippen molar-refractivity contribution in [2.75, 3.05) is 0 Å². The van der Waals surface area contributed by atoms with Gasteiger partial charge in [-0.05, 0) is 33.6 Å². The first-order valence-corrected chi connectivity index (χ1v) is 8.15. The number of nitrogens with zero attached hydrogens (tertiary/aromatic N) is 1. The van der Waals surface area contributed by atoms with Crippen LogP contribution >= 0.6 is 0 Å². The second-order valence-electron chi connectivity index (χ2n) is 6.69. The third-order valence-electron chi connectivity index (χ3n) is 3.16. The van der Waals surface area contributed by atoms with Gasteiger partial charge in [-0.1, -0.05) is 0 Å². The van der Waals surface area contributed by atoms with Gasteiger partial charge in [0.25, 0.3) is 0 Å². The molecule has 10 heteroatoms. The molecule has 1 aromatic heterocycles. The van der Waals surface area contributed by atoms with Crippen molar-refractivity contribution in [2.24, 2.45) is 5.73 Å². The predicted molar refractivity (Wildman–Crippen MR) is 91.6 cm³/mol. The van der Waals surface area contributed by atoms with E-state index in [0.29, 0.717) is 6.42 Å². The molecular weight excluding hydrogens is 342 g/mol. The number of rotatable bonds is 8. The number of amides is 4. The molecule has 0 aliphatic heterocycles. The number of hydrogen-bond acceptors (Lipinski definition) is 6. The highest BCUT2D eigenvalue weighted by Gasteiger charge is 2.22. The number of aromatic nitrogens is 2. The summed E-state index contributed by atoms with van der Waals surface area (Å²) in [6, 6.07) is -1.01. The van der Waals surface area contributed by atoms with Crippen molar-refractivity contribution in [1.29, 1.82) is 0 Å². The third kappa shape index (κ3) is 8.81. The van der Waals surface area contributed by atoms with Gasteiger partial charge >= 0.3 is 6.09 Å². The number of alkyl carbamates (subject to hydrolysis) is 1. The molecule has 1 atom stereocenters. The second-order valence-corrected chi connectivity index (χ2v) is 6.69. The van der Waals surface area contributed by atoms with Crippen molar-refractivity contribution in [3.63, 3.8) is 0 Å². The summed E-state index contributed by atoms with van der Waals surface area (Å²) >= 11 is 0. The Kier molecular flexibility index (Phi) is 7.76. The molecule has 0 aromatic carbocycles. The van der Waals surface area contributed by atoms with Crippen molar-refractivity contribution in [1.82, 2.24) is 20.6 Å². The van der Waals surface area contributed by atoms with Crippen LogP contribution in [0.25, 0.3) is 0 Å². The highest BCUT2D eigenvalue weighted by Crippen LogP contribution is 2.07. The van der Waals surface area contributed by atoms with Crippen LogP contribution in [0, 0.1) is 0 Å². The van der Waals surface area contributed by atoms with Crippen molar-refractivity contribution < 1.29 is 23.9 Å². The van der Waals surface area contributed by atoms with Crippen LogP contribution in [0.4, 0.5) is 4.79 Å². The molecule has 0 fully saturated rings. The van der Waals surface area contributed by atoms with Gasteiger partial charge in [0, 0.05) is 24.7 Å². The number of hydrogen-bond donors (Lipinski definition) is 4. The molecule has 0 aliphatic rings. The molecule has 5 N–H and O–H groups in total. The fourth-order valence-electron chi connectivity index (χ4n) is 1.98. The first-order valence-electron chi connectivity index (χ1n) is 8.15. The lowest BCUT2D eigenvalue weighted by molar-refractivity contribution is -0.128. The smallest absolute Gasteiger partial charge is 0.414 e. The Bertz CT molecular complexity index is 636. The van der Waals surface area contributed by atoms with Crippen molar-refractivity contribution in [3.05, 3.63) is 18.2 Å². The topological polar surface area (TPSA) is 156 Å². The van der Waals surface area contributed by atoms with Crippen molar-refractivity contribution in [2.45, 2.75) is 58.1 Å². The lowest BCUT2D eigenvalue weighted by Gasteiger charge is -2.19. The number of nitrogens with two attached hydrogens (primary N) is 1. The van der Waals surface area contributed by atoms with Crippen LogP contribution in [-0.4, -0.2) is 45.4 Å². The fourth-order valence-corrected chi connectivity index (χ4v) is 1.98. The largest absolute Gasteiger partial charge is 0.444 e. The number of ether oxygens (including phenoxy) is 1. The van der Waals surface area contributed by atoms with Crippen LogP contribution in [0.15, 0.2) is 12.5 Å². The number of H-pyrrole nitrogens is 1. The zero-order chi connectivity index (χ0) is 19.7. The zero-order valence-corrected chi connectivity index (χ0v) is 15.1. The first kappa shape index (κ1) is 21.1. The molecule has 0 unspecified atom stereocenters. The van der Waals surface area contributed by atoms with Crippen LogP contribution in [0.5, 0.6) is 0 Å². The summed E-state index contributed by atoms with van der Waals surface area (Å²) in [7, 11) is 0. The normalized spacial score (nSPS) is 12.1. The molecule has 0 bridgehead atoms.